The number of ketones is 1. The van der Waals surface area contributed by atoms with E-state index < -0.39 is 11.6 Å². The summed E-state index contributed by atoms with van der Waals surface area (Å²) in [6.45, 7) is 6.13. The summed E-state index contributed by atoms with van der Waals surface area (Å²) in [7, 11) is 0. The van der Waals surface area contributed by atoms with E-state index in [0.29, 0.717) is 0 Å². The fraction of sp³-hybridized carbons (Fsp3) is 0.533. The van der Waals surface area contributed by atoms with Crippen molar-refractivity contribution in [2.24, 2.45) is 5.41 Å². The van der Waals surface area contributed by atoms with Crippen LogP contribution in [0.2, 0.25) is 0 Å². The van der Waals surface area contributed by atoms with Gasteiger partial charge in [0.05, 0.1) is 12.1 Å². The monoisotopic (exact) mass is 267 g/mol. The maximum absolute atomic E-state index is 13.5. The van der Waals surface area contributed by atoms with Crippen molar-refractivity contribution in [3.05, 3.63) is 35.4 Å². The number of nitrogens with zero attached hydrogens (tertiary/aromatic N) is 1. The molecule has 1 heterocycles. The van der Waals surface area contributed by atoms with Gasteiger partial charge in [-0.25, -0.2) is 8.78 Å². The maximum atomic E-state index is 13.5. The summed E-state index contributed by atoms with van der Waals surface area (Å²) in [5.41, 5.74) is 0.0299. The van der Waals surface area contributed by atoms with Gasteiger partial charge in [0.2, 0.25) is 0 Å². The summed E-state index contributed by atoms with van der Waals surface area (Å²) >= 11 is 0. The third kappa shape index (κ3) is 3.60. The standard InChI is InChI=1S/C15H19F2NO/c1-15(2)6-3-7-18(10-15)9-14(19)12-8-11(16)4-5-13(12)17/h4-5,8H,3,6-7,9-10H2,1-2H3. The number of likely N-dealkylation sites (tertiary alicyclic amines) is 1. The topological polar surface area (TPSA) is 20.3 Å². The van der Waals surface area contributed by atoms with E-state index in [-0.39, 0.29) is 23.3 Å². The number of hydrogen-bond donors (Lipinski definition) is 0. The van der Waals surface area contributed by atoms with Gasteiger partial charge >= 0.3 is 0 Å². The zero-order valence-electron chi connectivity index (χ0n) is 11.4. The lowest BCUT2D eigenvalue weighted by molar-refractivity contribution is 0.0806. The Morgan fingerprint density at radius 3 is 2.79 bits per heavy atom. The van der Waals surface area contributed by atoms with Crippen LogP contribution in [-0.4, -0.2) is 30.3 Å². The molecule has 1 fully saturated rings. The quantitative estimate of drug-likeness (QED) is 0.783. The molecule has 1 aromatic rings. The van der Waals surface area contributed by atoms with Crippen LogP contribution in [0.3, 0.4) is 0 Å². The molecule has 1 aliphatic heterocycles. The van der Waals surface area contributed by atoms with Gasteiger partial charge in [0.25, 0.3) is 0 Å². The molecule has 4 heteroatoms. The first-order chi connectivity index (χ1) is 8.87. The number of halogens is 2. The van der Waals surface area contributed by atoms with Crippen molar-refractivity contribution >= 4 is 5.78 Å². The lowest BCUT2D eigenvalue weighted by atomic mass is 9.84. The fourth-order valence-corrected chi connectivity index (χ4v) is 2.68. The number of benzene rings is 1. The predicted molar refractivity (Wildman–Crippen MR) is 70.1 cm³/mol. The van der Waals surface area contributed by atoms with Crippen LogP contribution in [0.25, 0.3) is 0 Å². The molecule has 1 saturated heterocycles. The normalized spacial score (nSPS) is 19.4. The van der Waals surface area contributed by atoms with Crippen LogP contribution in [0, 0.1) is 17.0 Å². The molecule has 104 valence electrons. The van der Waals surface area contributed by atoms with Gasteiger partial charge in [0, 0.05) is 6.54 Å². The third-order valence-electron chi connectivity index (χ3n) is 3.58. The number of piperidine rings is 1. The van der Waals surface area contributed by atoms with Gasteiger partial charge in [0.1, 0.15) is 11.6 Å². The molecule has 0 amide bonds. The number of Topliss-reactive ketones (excluding diaryl/α,β-unsaturated/α-hetero) is 1. The molecule has 0 aliphatic carbocycles. The van der Waals surface area contributed by atoms with Crippen LogP contribution in [0.1, 0.15) is 37.0 Å². The van der Waals surface area contributed by atoms with E-state index in [2.05, 4.69) is 13.8 Å². The molecular weight excluding hydrogens is 248 g/mol. The molecule has 0 aromatic heterocycles. The Bertz CT molecular complexity index is 485. The highest BCUT2D eigenvalue weighted by Crippen LogP contribution is 2.28. The fourth-order valence-electron chi connectivity index (χ4n) is 2.68. The van der Waals surface area contributed by atoms with Crippen LogP contribution >= 0.6 is 0 Å². The first kappa shape index (κ1) is 14.1. The van der Waals surface area contributed by atoms with E-state index in [1.165, 1.54) is 0 Å². The lowest BCUT2D eigenvalue weighted by Gasteiger charge is -2.37. The second kappa shape index (κ2) is 5.37. The second-order valence-corrected chi connectivity index (χ2v) is 6.03. The Kier molecular flexibility index (Phi) is 3.99. The first-order valence-electron chi connectivity index (χ1n) is 6.58. The van der Waals surface area contributed by atoms with E-state index in [4.69, 9.17) is 0 Å². The van der Waals surface area contributed by atoms with Gasteiger partial charge < -0.3 is 0 Å². The first-order valence-corrected chi connectivity index (χ1v) is 6.58. The smallest absolute Gasteiger partial charge is 0.179 e. The molecule has 0 saturated carbocycles. The number of rotatable bonds is 3. The van der Waals surface area contributed by atoms with Crippen molar-refractivity contribution in [1.29, 1.82) is 0 Å². The molecule has 2 nitrogen and oxygen atoms in total. The molecular formula is C15H19F2NO. The summed E-state index contributed by atoms with van der Waals surface area (Å²) in [5.74, 6) is -1.58. The molecule has 0 unspecified atom stereocenters. The average Bonchev–Trinajstić information content (AvgIpc) is 2.31. The molecule has 0 atom stereocenters. The number of hydrogen-bond acceptors (Lipinski definition) is 2. The van der Waals surface area contributed by atoms with Crippen LogP contribution in [-0.2, 0) is 0 Å². The Hall–Kier alpha value is -1.29. The summed E-state index contributed by atoms with van der Waals surface area (Å²) < 4.78 is 26.6. The van der Waals surface area contributed by atoms with Gasteiger partial charge in [-0.15, -0.1) is 0 Å². The number of carbonyl (C=O) groups is 1. The molecule has 0 spiro atoms. The molecule has 0 radical (unpaired) electrons. The van der Waals surface area contributed by atoms with Crippen molar-refractivity contribution in [2.45, 2.75) is 26.7 Å². The minimum atomic E-state index is -0.650. The molecule has 0 N–H and O–H groups in total. The van der Waals surface area contributed by atoms with E-state index >= 15 is 0 Å². The lowest BCUT2D eigenvalue weighted by Crippen LogP contribution is -2.42. The third-order valence-corrected chi connectivity index (χ3v) is 3.58. The van der Waals surface area contributed by atoms with Crippen LogP contribution in [0.4, 0.5) is 8.78 Å². The minimum absolute atomic E-state index is 0.150. The molecule has 2 rings (SSSR count). The predicted octanol–water partition coefficient (Wildman–Crippen LogP) is 3.27. The average molecular weight is 267 g/mol. The van der Waals surface area contributed by atoms with Crippen molar-refractivity contribution in [2.75, 3.05) is 19.6 Å². The highest BCUT2D eigenvalue weighted by molar-refractivity contribution is 5.97. The van der Waals surface area contributed by atoms with Crippen LogP contribution in [0.15, 0.2) is 18.2 Å². The Labute approximate surface area is 112 Å². The summed E-state index contributed by atoms with van der Waals surface area (Å²) in [4.78, 5) is 14.1. The molecule has 19 heavy (non-hydrogen) atoms. The SMILES string of the molecule is CC1(C)CCCN(CC(=O)c2cc(F)ccc2F)C1. The second-order valence-electron chi connectivity index (χ2n) is 6.03. The summed E-state index contributed by atoms with van der Waals surface area (Å²) in [6.07, 6.45) is 2.16. The largest absolute Gasteiger partial charge is 0.295 e. The zero-order valence-corrected chi connectivity index (χ0v) is 11.4. The molecule has 1 aromatic carbocycles. The Balaban J connectivity index is 2.06. The van der Waals surface area contributed by atoms with Crippen LogP contribution in [0.5, 0.6) is 0 Å². The maximum Gasteiger partial charge on any atom is 0.179 e. The Morgan fingerprint density at radius 2 is 2.11 bits per heavy atom. The Morgan fingerprint density at radius 1 is 1.37 bits per heavy atom. The van der Waals surface area contributed by atoms with Crippen molar-refractivity contribution in [1.82, 2.24) is 4.90 Å². The number of carbonyl (C=O) groups excluding carboxylic acids is 1. The summed E-state index contributed by atoms with van der Waals surface area (Å²) in [6, 6.07) is 3.01. The van der Waals surface area contributed by atoms with Crippen molar-refractivity contribution in [3.8, 4) is 0 Å². The zero-order chi connectivity index (χ0) is 14.0. The molecule has 1 aliphatic rings. The highest BCUT2D eigenvalue weighted by Gasteiger charge is 2.28. The van der Waals surface area contributed by atoms with Crippen LogP contribution < -0.4 is 0 Å². The molecule has 0 bridgehead atoms. The minimum Gasteiger partial charge on any atom is -0.295 e. The van der Waals surface area contributed by atoms with Gasteiger partial charge in [-0.3, -0.25) is 9.69 Å². The van der Waals surface area contributed by atoms with E-state index in [9.17, 15) is 13.6 Å². The van der Waals surface area contributed by atoms with Gasteiger partial charge in [0.15, 0.2) is 5.78 Å². The highest BCUT2D eigenvalue weighted by atomic mass is 19.1. The van der Waals surface area contributed by atoms with Gasteiger partial charge in [-0.05, 0) is 43.0 Å². The summed E-state index contributed by atoms with van der Waals surface area (Å²) in [5, 5.41) is 0. The van der Waals surface area contributed by atoms with Gasteiger partial charge in [-0.2, -0.15) is 0 Å². The van der Waals surface area contributed by atoms with E-state index in [1.54, 1.807) is 0 Å². The van der Waals surface area contributed by atoms with Crippen molar-refractivity contribution in [3.63, 3.8) is 0 Å². The van der Waals surface area contributed by atoms with Gasteiger partial charge in [-0.1, -0.05) is 13.8 Å². The van der Waals surface area contributed by atoms with E-state index in [0.717, 1.165) is 44.1 Å². The van der Waals surface area contributed by atoms with Crippen molar-refractivity contribution < 1.29 is 13.6 Å². The van der Waals surface area contributed by atoms with E-state index in [1.807, 2.05) is 4.90 Å².